The van der Waals surface area contributed by atoms with Gasteiger partial charge in [-0.15, -0.1) is 0 Å². The van der Waals surface area contributed by atoms with Gasteiger partial charge in [-0.2, -0.15) is 5.10 Å². The van der Waals surface area contributed by atoms with E-state index in [-0.39, 0.29) is 23.8 Å². The third-order valence-electron chi connectivity index (χ3n) is 4.60. The van der Waals surface area contributed by atoms with E-state index in [9.17, 15) is 9.18 Å². The molecule has 24 heavy (non-hydrogen) atoms. The molecule has 0 radical (unpaired) electrons. The lowest BCUT2D eigenvalue weighted by Crippen LogP contribution is -2.52. The molecule has 1 fully saturated rings. The van der Waals surface area contributed by atoms with E-state index in [0.29, 0.717) is 12.0 Å². The zero-order valence-corrected chi connectivity index (χ0v) is 14.1. The van der Waals surface area contributed by atoms with E-state index in [2.05, 4.69) is 22.7 Å². The first-order chi connectivity index (χ1) is 11.6. The molecule has 2 N–H and O–H groups in total. The summed E-state index contributed by atoms with van der Waals surface area (Å²) in [5, 5.41) is 10.8. The number of amides is 1. The van der Waals surface area contributed by atoms with E-state index in [0.717, 1.165) is 30.8 Å². The number of hydrogen-bond donors (Lipinski definition) is 2. The molecule has 3 rings (SSSR count). The topological polar surface area (TPSA) is 59.0 Å². The Kier molecular flexibility index (Phi) is 4.94. The summed E-state index contributed by atoms with van der Waals surface area (Å²) in [4.78, 5) is 12.7. The van der Waals surface area contributed by atoms with Crippen LogP contribution in [0.1, 0.15) is 42.7 Å². The molecule has 2 aromatic rings. The highest BCUT2D eigenvalue weighted by Crippen LogP contribution is 2.17. The van der Waals surface area contributed by atoms with Crippen molar-refractivity contribution in [2.24, 2.45) is 0 Å². The number of rotatable bonds is 4. The van der Waals surface area contributed by atoms with Gasteiger partial charge in [-0.3, -0.25) is 4.79 Å². The Morgan fingerprint density at radius 3 is 2.83 bits per heavy atom. The summed E-state index contributed by atoms with van der Waals surface area (Å²) in [7, 11) is 0. The van der Waals surface area contributed by atoms with E-state index in [1.807, 2.05) is 6.92 Å². The van der Waals surface area contributed by atoms with Gasteiger partial charge >= 0.3 is 0 Å². The molecule has 1 aromatic carbocycles. The van der Waals surface area contributed by atoms with Gasteiger partial charge in [-0.1, -0.05) is 6.92 Å². The quantitative estimate of drug-likeness (QED) is 0.905. The summed E-state index contributed by atoms with van der Waals surface area (Å²) < 4.78 is 14.8. The van der Waals surface area contributed by atoms with Crippen molar-refractivity contribution in [1.29, 1.82) is 0 Å². The minimum absolute atomic E-state index is 0.0965. The molecule has 1 aliphatic rings. The van der Waals surface area contributed by atoms with Crippen LogP contribution in [0, 0.1) is 5.82 Å². The van der Waals surface area contributed by atoms with E-state index >= 15 is 0 Å². The van der Waals surface area contributed by atoms with E-state index in [1.165, 1.54) is 12.1 Å². The fraction of sp³-hybridized carbons (Fsp3) is 0.444. The number of benzene rings is 1. The molecule has 1 saturated heterocycles. The van der Waals surface area contributed by atoms with Crippen LogP contribution in [-0.4, -0.2) is 34.3 Å². The van der Waals surface area contributed by atoms with Crippen LogP contribution in [0.3, 0.4) is 0 Å². The van der Waals surface area contributed by atoms with Gasteiger partial charge in [-0.05, 0) is 57.0 Å². The van der Waals surface area contributed by atoms with Crippen LogP contribution in [0.15, 0.2) is 30.5 Å². The number of halogens is 1. The molecule has 1 aliphatic heterocycles. The predicted molar refractivity (Wildman–Crippen MR) is 90.9 cm³/mol. The van der Waals surface area contributed by atoms with Crippen molar-refractivity contribution in [3.05, 3.63) is 47.5 Å². The van der Waals surface area contributed by atoms with Gasteiger partial charge < -0.3 is 10.6 Å². The highest BCUT2D eigenvalue weighted by molar-refractivity contribution is 5.95. The van der Waals surface area contributed by atoms with Crippen molar-refractivity contribution in [1.82, 2.24) is 20.4 Å². The monoisotopic (exact) mass is 330 g/mol. The Morgan fingerprint density at radius 2 is 2.17 bits per heavy atom. The number of piperidine rings is 1. The molecule has 6 heteroatoms. The van der Waals surface area contributed by atoms with Gasteiger partial charge in [-0.25, -0.2) is 9.07 Å². The van der Waals surface area contributed by atoms with E-state index < -0.39 is 0 Å². The molecule has 0 aliphatic carbocycles. The number of nitrogens with one attached hydrogen (secondary N) is 2. The molecule has 128 valence electrons. The van der Waals surface area contributed by atoms with Gasteiger partial charge in [0.25, 0.3) is 5.91 Å². The molecule has 1 amide bonds. The molecule has 1 aromatic heterocycles. The minimum Gasteiger partial charge on any atom is -0.348 e. The molecular weight excluding hydrogens is 307 g/mol. The fourth-order valence-electron chi connectivity index (χ4n) is 3.20. The highest BCUT2D eigenvalue weighted by Gasteiger charge is 2.25. The molecule has 0 saturated carbocycles. The van der Waals surface area contributed by atoms with Crippen molar-refractivity contribution in [3.63, 3.8) is 0 Å². The minimum atomic E-state index is -0.291. The van der Waals surface area contributed by atoms with Crippen molar-refractivity contribution in [3.8, 4) is 5.69 Å². The maximum atomic E-state index is 13.1. The number of aromatic nitrogens is 2. The van der Waals surface area contributed by atoms with Crippen LogP contribution in [0.25, 0.3) is 5.69 Å². The number of nitrogens with zero attached hydrogens (tertiary/aromatic N) is 2. The normalized spacial score (nSPS) is 20.8. The zero-order valence-electron chi connectivity index (χ0n) is 14.1. The smallest absolute Gasteiger partial charge is 0.255 e. The Balaban J connectivity index is 1.83. The van der Waals surface area contributed by atoms with Crippen LogP contribution in [0.4, 0.5) is 4.39 Å². The second-order valence-electron chi connectivity index (χ2n) is 6.21. The van der Waals surface area contributed by atoms with Crippen molar-refractivity contribution < 1.29 is 9.18 Å². The summed E-state index contributed by atoms with van der Waals surface area (Å²) in [6.07, 6.45) is 4.30. The van der Waals surface area contributed by atoms with Gasteiger partial charge in [0, 0.05) is 12.1 Å². The molecule has 0 spiro atoms. The fourth-order valence-corrected chi connectivity index (χ4v) is 3.20. The van der Waals surface area contributed by atoms with Gasteiger partial charge in [0.1, 0.15) is 5.82 Å². The van der Waals surface area contributed by atoms with E-state index in [4.69, 9.17) is 0 Å². The SMILES string of the molecule is CCc1c(C(=O)NC2CCCNC2C)cnn1-c1ccc(F)cc1. The highest BCUT2D eigenvalue weighted by atomic mass is 19.1. The van der Waals surface area contributed by atoms with Crippen molar-refractivity contribution in [2.45, 2.75) is 45.2 Å². The molecule has 2 unspecified atom stereocenters. The Labute approximate surface area is 141 Å². The first kappa shape index (κ1) is 16.6. The zero-order chi connectivity index (χ0) is 17.1. The first-order valence-corrected chi connectivity index (χ1v) is 8.47. The second-order valence-corrected chi connectivity index (χ2v) is 6.21. The van der Waals surface area contributed by atoms with Crippen LogP contribution >= 0.6 is 0 Å². The molecular formula is C18H23FN4O. The third kappa shape index (κ3) is 3.33. The van der Waals surface area contributed by atoms with Crippen molar-refractivity contribution >= 4 is 5.91 Å². The lowest BCUT2D eigenvalue weighted by atomic mass is 9.99. The third-order valence-corrected chi connectivity index (χ3v) is 4.60. The van der Waals surface area contributed by atoms with Crippen LogP contribution < -0.4 is 10.6 Å². The van der Waals surface area contributed by atoms with Gasteiger partial charge in [0.15, 0.2) is 0 Å². The van der Waals surface area contributed by atoms with E-state index in [1.54, 1.807) is 23.0 Å². The second kappa shape index (κ2) is 7.13. The molecule has 0 bridgehead atoms. The number of carbonyl (C=O) groups is 1. The standard InChI is InChI=1S/C18H23FN4O/c1-3-17-15(18(24)22-16-5-4-10-20-12(16)2)11-21-23(17)14-8-6-13(19)7-9-14/h6-9,11-12,16,20H,3-5,10H2,1-2H3,(H,22,24). The summed E-state index contributed by atoms with van der Waals surface area (Å²) in [5.74, 6) is -0.388. The summed E-state index contributed by atoms with van der Waals surface area (Å²) in [6, 6.07) is 6.51. The summed E-state index contributed by atoms with van der Waals surface area (Å²) in [6.45, 7) is 5.07. The Bertz CT molecular complexity index is 710. The average Bonchev–Trinajstić information content (AvgIpc) is 3.01. The predicted octanol–water partition coefficient (Wildman–Crippen LogP) is 2.44. The van der Waals surface area contributed by atoms with Crippen LogP contribution in [0.5, 0.6) is 0 Å². The van der Waals surface area contributed by atoms with Gasteiger partial charge in [0.2, 0.25) is 0 Å². The van der Waals surface area contributed by atoms with Crippen LogP contribution in [-0.2, 0) is 6.42 Å². The Morgan fingerprint density at radius 1 is 1.42 bits per heavy atom. The summed E-state index contributed by atoms with van der Waals surface area (Å²) >= 11 is 0. The first-order valence-electron chi connectivity index (χ1n) is 8.47. The number of hydrogen-bond acceptors (Lipinski definition) is 3. The average molecular weight is 330 g/mol. The largest absolute Gasteiger partial charge is 0.348 e. The number of carbonyl (C=O) groups excluding carboxylic acids is 1. The lowest BCUT2D eigenvalue weighted by molar-refractivity contribution is 0.0919. The molecule has 2 heterocycles. The van der Waals surface area contributed by atoms with Gasteiger partial charge in [0.05, 0.1) is 23.1 Å². The maximum Gasteiger partial charge on any atom is 0.255 e. The molecule has 2 atom stereocenters. The van der Waals surface area contributed by atoms with Crippen molar-refractivity contribution in [2.75, 3.05) is 6.54 Å². The molecule has 5 nitrogen and oxygen atoms in total. The summed E-state index contributed by atoms with van der Waals surface area (Å²) in [5.41, 5.74) is 2.16. The lowest BCUT2D eigenvalue weighted by Gasteiger charge is -2.30. The Hall–Kier alpha value is -2.21. The maximum absolute atomic E-state index is 13.1. The van der Waals surface area contributed by atoms with Crippen LogP contribution in [0.2, 0.25) is 0 Å².